The molecule has 1 aromatic heterocycles. The van der Waals surface area contributed by atoms with Crippen LogP contribution in [0.2, 0.25) is 0 Å². The zero-order valence-corrected chi connectivity index (χ0v) is 12.1. The number of fused-ring (bicyclic) bond motifs is 1. The van der Waals surface area contributed by atoms with Gasteiger partial charge in [0.1, 0.15) is 11.0 Å². The summed E-state index contributed by atoms with van der Waals surface area (Å²) in [6.07, 6.45) is 0. The van der Waals surface area contributed by atoms with Gasteiger partial charge < -0.3 is 5.11 Å². The first kappa shape index (κ1) is 12.8. The molecule has 0 radical (unpaired) electrons. The van der Waals surface area contributed by atoms with Crippen LogP contribution in [0, 0.1) is 6.92 Å². The molecule has 5 nitrogen and oxygen atoms in total. The zero-order valence-electron chi connectivity index (χ0n) is 10.5. The van der Waals surface area contributed by atoms with Crippen molar-refractivity contribution in [1.29, 1.82) is 0 Å². The molecule has 0 aliphatic rings. The highest BCUT2D eigenvalue weighted by Crippen LogP contribution is 2.23. The maximum Gasteiger partial charge on any atom is 0.337 e. The lowest BCUT2D eigenvalue weighted by molar-refractivity contribution is 0.0698. The maximum absolute atomic E-state index is 11.3. The average Bonchev–Trinajstić information content (AvgIpc) is 2.85. The van der Waals surface area contributed by atoms with Gasteiger partial charge in [-0.25, -0.2) is 9.48 Å². The van der Waals surface area contributed by atoms with Crippen LogP contribution in [0.4, 0.5) is 0 Å². The number of carboxylic acids is 1. The van der Waals surface area contributed by atoms with E-state index < -0.39 is 5.97 Å². The third kappa shape index (κ3) is 1.98. The van der Waals surface area contributed by atoms with Crippen molar-refractivity contribution in [1.82, 2.24) is 15.0 Å². The Balaban J connectivity index is 2.31. The first-order chi connectivity index (χ1) is 9.58. The summed E-state index contributed by atoms with van der Waals surface area (Å²) in [5, 5.41) is 17.4. The van der Waals surface area contributed by atoms with Crippen molar-refractivity contribution in [3.63, 3.8) is 0 Å². The van der Waals surface area contributed by atoms with E-state index in [-0.39, 0.29) is 5.56 Å². The van der Waals surface area contributed by atoms with Crippen molar-refractivity contribution in [2.75, 3.05) is 0 Å². The van der Waals surface area contributed by atoms with Crippen molar-refractivity contribution in [3.05, 3.63) is 52.0 Å². The number of para-hydroxylation sites is 1. The number of nitrogens with zero attached hydrogens (tertiary/aromatic N) is 3. The molecule has 0 saturated carbocycles. The molecule has 0 amide bonds. The summed E-state index contributed by atoms with van der Waals surface area (Å²) in [6.45, 7) is 1.96. The predicted octanol–water partition coefficient (Wildman–Crippen LogP) is 3.19. The number of benzene rings is 2. The molecular formula is C14H10BrN3O2. The highest BCUT2D eigenvalue weighted by atomic mass is 79.9. The summed E-state index contributed by atoms with van der Waals surface area (Å²) < 4.78 is 2.54. The van der Waals surface area contributed by atoms with Crippen LogP contribution in [-0.2, 0) is 0 Å². The van der Waals surface area contributed by atoms with E-state index in [9.17, 15) is 9.90 Å². The number of halogens is 1. The monoisotopic (exact) mass is 331 g/mol. The molecule has 3 rings (SSSR count). The highest BCUT2D eigenvalue weighted by molar-refractivity contribution is 9.10. The molecule has 1 heterocycles. The van der Waals surface area contributed by atoms with Gasteiger partial charge in [0, 0.05) is 4.47 Å². The van der Waals surface area contributed by atoms with Crippen molar-refractivity contribution in [3.8, 4) is 5.69 Å². The molecule has 100 valence electrons. The van der Waals surface area contributed by atoms with E-state index in [1.54, 1.807) is 22.9 Å². The highest BCUT2D eigenvalue weighted by Gasteiger charge is 2.15. The summed E-state index contributed by atoms with van der Waals surface area (Å²) in [4.78, 5) is 11.3. The van der Waals surface area contributed by atoms with Gasteiger partial charge in [-0.05, 0) is 42.8 Å². The van der Waals surface area contributed by atoms with E-state index in [2.05, 4.69) is 26.2 Å². The molecule has 0 unspecified atom stereocenters. The lowest BCUT2D eigenvalue weighted by Crippen LogP contribution is -2.03. The Hall–Kier alpha value is -2.21. The van der Waals surface area contributed by atoms with E-state index in [4.69, 9.17) is 0 Å². The summed E-state index contributed by atoms with van der Waals surface area (Å²) in [5.74, 6) is -0.993. The minimum absolute atomic E-state index is 0.188. The predicted molar refractivity (Wildman–Crippen MR) is 78.3 cm³/mol. The van der Waals surface area contributed by atoms with Gasteiger partial charge >= 0.3 is 5.97 Å². The third-order valence-electron chi connectivity index (χ3n) is 3.08. The summed E-state index contributed by atoms with van der Waals surface area (Å²) in [6, 6.07) is 10.7. The van der Waals surface area contributed by atoms with Crippen LogP contribution in [0.5, 0.6) is 0 Å². The van der Waals surface area contributed by atoms with Gasteiger partial charge in [0.2, 0.25) is 0 Å². The lowest BCUT2D eigenvalue weighted by Gasteiger charge is -2.06. The van der Waals surface area contributed by atoms with Crippen molar-refractivity contribution < 1.29 is 9.90 Å². The Morgan fingerprint density at radius 1 is 1.30 bits per heavy atom. The second kappa shape index (κ2) is 4.72. The fourth-order valence-electron chi connectivity index (χ4n) is 2.09. The minimum Gasteiger partial charge on any atom is -0.478 e. The summed E-state index contributed by atoms with van der Waals surface area (Å²) in [7, 11) is 0. The molecule has 2 aromatic carbocycles. The number of aromatic carboxylic acids is 1. The number of carboxylic acid groups (broad SMARTS) is 1. The number of carbonyl (C=O) groups is 1. The normalized spacial score (nSPS) is 10.9. The van der Waals surface area contributed by atoms with E-state index in [0.717, 1.165) is 15.7 Å². The van der Waals surface area contributed by atoms with Gasteiger partial charge in [0.05, 0.1) is 11.3 Å². The maximum atomic E-state index is 11.3. The van der Waals surface area contributed by atoms with Crippen LogP contribution < -0.4 is 0 Å². The molecule has 0 atom stereocenters. The molecule has 0 bridgehead atoms. The Kier molecular flexibility index (Phi) is 3.02. The summed E-state index contributed by atoms with van der Waals surface area (Å²) >= 11 is 3.44. The molecular weight excluding hydrogens is 322 g/mol. The van der Waals surface area contributed by atoms with Crippen molar-refractivity contribution in [2.24, 2.45) is 0 Å². The van der Waals surface area contributed by atoms with Crippen molar-refractivity contribution in [2.45, 2.75) is 6.92 Å². The number of aryl methyl sites for hydroxylation is 1. The number of hydrogen-bond acceptors (Lipinski definition) is 3. The quantitative estimate of drug-likeness (QED) is 0.783. The zero-order chi connectivity index (χ0) is 14.3. The van der Waals surface area contributed by atoms with E-state index in [1.165, 1.54) is 0 Å². The van der Waals surface area contributed by atoms with Crippen LogP contribution in [0.25, 0.3) is 16.7 Å². The molecule has 0 saturated heterocycles. The van der Waals surface area contributed by atoms with E-state index in [1.807, 2.05) is 25.1 Å². The van der Waals surface area contributed by atoms with Crippen LogP contribution in [0.15, 0.2) is 40.9 Å². The van der Waals surface area contributed by atoms with Gasteiger partial charge in [-0.15, -0.1) is 5.10 Å². The number of aromatic nitrogens is 3. The fourth-order valence-corrected chi connectivity index (χ4v) is 2.33. The molecule has 0 aliphatic heterocycles. The minimum atomic E-state index is -0.993. The van der Waals surface area contributed by atoms with E-state index in [0.29, 0.717) is 11.0 Å². The Bertz CT molecular complexity index is 826. The second-order valence-electron chi connectivity index (χ2n) is 4.41. The standard InChI is InChI=1S/C14H10BrN3O2/c1-8-7-9(5-6-11(8)15)18-13-10(14(19)20)3-2-4-12(13)16-17-18/h2-7H,1H3,(H,19,20). The fraction of sp³-hybridized carbons (Fsp3) is 0.0714. The van der Waals surface area contributed by atoms with E-state index >= 15 is 0 Å². The van der Waals surface area contributed by atoms with Gasteiger partial charge in [0.25, 0.3) is 0 Å². The van der Waals surface area contributed by atoms with Crippen molar-refractivity contribution >= 4 is 32.9 Å². The van der Waals surface area contributed by atoms with Gasteiger partial charge in [-0.1, -0.05) is 27.2 Å². The average molecular weight is 332 g/mol. The molecule has 6 heteroatoms. The molecule has 0 spiro atoms. The van der Waals surface area contributed by atoms with Crippen LogP contribution in [0.1, 0.15) is 15.9 Å². The molecule has 0 aliphatic carbocycles. The van der Waals surface area contributed by atoms with Gasteiger partial charge in [-0.2, -0.15) is 0 Å². The third-order valence-corrected chi connectivity index (χ3v) is 3.97. The van der Waals surface area contributed by atoms with Crippen LogP contribution in [-0.4, -0.2) is 26.1 Å². The number of hydrogen-bond donors (Lipinski definition) is 1. The number of rotatable bonds is 2. The molecule has 3 aromatic rings. The SMILES string of the molecule is Cc1cc(-n2nnc3cccc(C(=O)O)c32)ccc1Br. The lowest BCUT2D eigenvalue weighted by atomic mass is 10.1. The topological polar surface area (TPSA) is 68.0 Å². The first-order valence-corrected chi connectivity index (χ1v) is 6.71. The smallest absolute Gasteiger partial charge is 0.337 e. The molecule has 20 heavy (non-hydrogen) atoms. The Morgan fingerprint density at radius 3 is 2.80 bits per heavy atom. The summed E-state index contributed by atoms with van der Waals surface area (Å²) in [5.41, 5.74) is 3.07. The van der Waals surface area contributed by atoms with Crippen LogP contribution >= 0.6 is 15.9 Å². The first-order valence-electron chi connectivity index (χ1n) is 5.92. The van der Waals surface area contributed by atoms with Gasteiger partial charge in [-0.3, -0.25) is 0 Å². The molecule has 1 N–H and O–H groups in total. The van der Waals surface area contributed by atoms with Gasteiger partial charge in [0.15, 0.2) is 0 Å². The van der Waals surface area contributed by atoms with Crippen LogP contribution in [0.3, 0.4) is 0 Å². The largest absolute Gasteiger partial charge is 0.478 e. The Labute approximate surface area is 123 Å². The Morgan fingerprint density at radius 2 is 2.10 bits per heavy atom. The second-order valence-corrected chi connectivity index (χ2v) is 5.27. The molecule has 0 fully saturated rings.